The van der Waals surface area contributed by atoms with Crippen LogP contribution in [-0.4, -0.2) is 28.8 Å². The van der Waals surface area contributed by atoms with Gasteiger partial charge in [0.05, 0.1) is 11.2 Å². The van der Waals surface area contributed by atoms with E-state index < -0.39 is 17.3 Å². The van der Waals surface area contributed by atoms with Crippen molar-refractivity contribution >= 4 is 5.82 Å². The van der Waals surface area contributed by atoms with Crippen LogP contribution in [0.15, 0.2) is 18.3 Å². The number of β-amino-alcohol motifs (C(OH)–C–C–N with tert-alkyl or cyclic N) is 1. The van der Waals surface area contributed by atoms with Crippen LogP contribution in [-0.2, 0) is 6.18 Å². The van der Waals surface area contributed by atoms with Gasteiger partial charge >= 0.3 is 6.18 Å². The average Bonchev–Trinajstić information content (AvgIpc) is 2.58. The van der Waals surface area contributed by atoms with Crippen LogP contribution in [0.5, 0.6) is 0 Å². The van der Waals surface area contributed by atoms with E-state index in [9.17, 15) is 18.3 Å². The van der Waals surface area contributed by atoms with Gasteiger partial charge in [-0.1, -0.05) is 0 Å². The first-order valence-electron chi connectivity index (χ1n) is 5.29. The molecule has 0 amide bonds. The molecule has 0 saturated carbocycles. The van der Waals surface area contributed by atoms with Crippen LogP contribution in [0.4, 0.5) is 19.0 Å². The van der Waals surface area contributed by atoms with E-state index in [0.29, 0.717) is 13.0 Å². The van der Waals surface area contributed by atoms with Crippen molar-refractivity contribution in [3.8, 4) is 0 Å². The summed E-state index contributed by atoms with van der Waals surface area (Å²) in [6, 6.07) is 2.27. The van der Waals surface area contributed by atoms with Crippen molar-refractivity contribution in [3.05, 3.63) is 23.9 Å². The molecule has 1 fully saturated rings. The Labute approximate surface area is 96.9 Å². The number of hydrogen-bond acceptors (Lipinski definition) is 3. The molecule has 0 aromatic carbocycles. The number of alkyl halides is 3. The predicted molar refractivity (Wildman–Crippen MR) is 56.7 cm³/mol. The molecule has 1 aliphatic rings. The van der Waals surface area contributed by atoms with E-state index in [2.05, 4.69) is 4.98 Å². The van der Waals surface area contributed by atoms with E-state index >= 15 is 0 Å². The zero-order chi connectivity index (χ0) is 12.7. The lowest BCUT2D eigenvalue weighted by Gasteiger charge is -2.22. The minimum Gasteiger partial charge on any atom is -0.388 e. The molecule has 6 heteroatoms. The molecule has 2 rings (SSSR count). The van der Waals surface area contributed by atoms with E-state index in [0.717, 1.165) is 6.07 Å². The summed E-state index contributed by atoms with van der Waals surface area (Å²) in [6.45, 7) is 2.17. The van der Waals surface area contributed by atoms with Gasteiger partial charge < -0.3 is 10.0 Å². The number of aromatic nitrogens is 1. The highest BCUT2D eigenvalue weighted by Crippen LogP contribution is 2.37. The number of hydrogen-bond donors (Lipinski definition) is 1. The summed E-state index contributed by atoms with van der Waals surface area (Å²) in [5, 5.41) is 9.77. The maximum absolute atomic E-state index is 12.8. The molecular formula is C11H13F3N2O. The molecule has 0 aliphatic carbocycles. The molecule has 3 nitrogen and oxygen atoms in total. The fourth-order valence-corrected chi connectivity index (χ4v) is 2.00. The molecular weight excluding hydrogens is 233 g/mol. The zero-order valence-electron chi connectivity index (χ0n) is 9.33. The molecule has 1 aromatic heterocycles. The van der Waals surface area contributed by atoms with Gasteiger partial charge in [0, 0.05) is 19.3 Å². The van der Waals surface area contributed by atoms with Crippen LogP contribution in [0.2, 0.25) is 0 Å². The Morgan fingerprint density at radius 3 is 2.71 bits per heavy atom. The van der Waals surface area contributed by atoms with Crippen molar-refractivity contribution in [3.63, 3.8) is 0 Å². The summed E-state index contributed by atoms with van der Waals surface area (Å²) in [5.74, 6) is -0.0993. The van der Waals surface area contributed by atoms with Gasteiger partial charge in [-0.3, -0.25) is 0 Å². The van der Waals surface area contributed by atoms with Gasteiger partial charge in [0.2, 0.25) is 0 Å². The fourth-order valence-electron chi connectivity index (χ4n) is 2.00. The summed E-state index contributed by atoms with van der Waals surface area (Å²) in [4.78, 5) is 5.26. The molecule has 0 radical (unpaired) electrons. The number of halogens is 3. The summed E-state index contributed by atoms with van der Waals surface area (Å²) >= 11 is 0. The number of aliphatic hydroxyl groups is 1. The van der Waals surface area contributed by atoms with E-state index in [1.807, 2.05) is 0 Å². The fraction of sp³-hybridized carbons (Fsp3) is 0.545. The monoisotopic (exact) mass is 246 g/mol. The minimum absolute atomic E-state index is 0.0993. The molecule has 17 heavy (non-hydrogen) atoms. The largest absolute Gasteiger partial charge is 0.419 e. The van der Waals surface area contributed by atoms with E-state index in [1.54, 1.807) is 6.92 Å². The summed E-state index contributed by atoms with van der Waals surface area (Å²) in [6.07, 6.45) is -2.64. The number of rotatable bonds is 1. The molecule has 1 unspecified atom stereocenters. The first-order chi connectivity index (χ1) is 7.80. The first-order valence-corrected chi connectivity index (χ1v) is 5.29. The van der Waals surface area contributed by atoms with Gasteiger partial charge in [0.25, 0.3) is 0 Å². The Hall–Kier alpha value is -1.30. The summed E-state index contributed by atoms with van der Waals surface area (Å²) in [7, 11) is 0. The molecule has 1 aliphatic heterocycles. The topological polar surface area (TPSA) is 36.4 Å². The van der Waals surface area contributed by atoms with Crippen LogP contribution < -0.4 is 4.90 Å². The van der Waals surface area contributed by atoms with Crippen molar-refractivity contribution in [2.45, 2.75) is 25.1 Å². The van der Waals surface area contributed by atoms with Crippen LogP contribution in [0.1, 0.15) is 18.9 Å². The lowest BCUT2D eigenvalue weighted by Crippen LogP contribution is -2.31. The predicted octanol–water partition coefficient (Wildman–Crippen LogP) is 2.06. The average molecular weight is 246 g/mol. The van der Waals surface area contributed by atoms with Crippen LogP contribution in [0, 0.1) is 0 Å². The Bertz CT molecular complexity index is 417. The number of nitrogens with zero attached hydrogens (tertiary/aromatic N) is 2. The Morgan fingerprint density at radius 2 is 2.18 bits per heavy atom. The van der Waals surface area contributed by atoms with E-state index in [-0.39, 0.29) is 12.4 Å². The molecule has 0 spiro atoms. The molecule has 1 N–H and O–H groups in total. The highest BCUT2D eigenvalue weighted by Gasteiger charge is 2.39. The van der Waals surface area contributed by atoms with Crippen LogP contribution in [0.3, 0.4) is 0 Å². The summed E-state index contributed by atoms with van der Waals surface area (Å²) in [5.41, 5.74) is -1.70. The van der Waals surface area contributed by atoms with Gasteiger partial charge in [0.15, 0.2) is 0 Å². The maximum atomic E-state index is 12.8. The molecule has 2 heterocycles. The first kappa shape index (κ1) is 12.2. The van der Waals surface area contributed by atoms with Crippen molar-refractivity contribution < 1.29 is 18.3 Å². The Balaban J connectivity index is 2.34. The highest BCUT2D eigenvalue weighted by molar-refractivity contribution is 5.49. The molecule has 1 saturated heterocycles. The number of pyridine rings is 1. The van der Waals surface area contributed by atoms with Crippen molar-refractivity contribution in [2.24, 2.45) is 0 Å². The Morgan fingerprint density at radius 1 is 1.47 bits per heavy atom. The smallest absolute Gasteiger partial charge is 0.388 e. The second-order valence-electron chi connectivity index (χ2n) is 4.54. The molecule has 1 atom stereocenters. The van der Waals surface area contributed by atoms with Gasteiger partial charge in [-0.05, 0) is 25.5 Å². The molecule has 1 aromatic rings. The van der Waals surface area contributed by atoms with Crippen molar-refractivity contribution in [2.75, 3.05) is 18.0 Å². The third-order valence-electron chi connectivity index (χ3n) is 2.84. The Kier molecular flexibility index (Phi) is 2.77. The van der Waals surface area contributed by atoms with Gasteiger partial charge in [0.1, 0.15) is 5.82 Å². The second-order valence-corrected chi connectivity index (χ2v) is 4.54. The van der Waals surface area contributed by atoms with Gasteiger partial charge in [-0.25, -0.2) is 4.98 Å². The van der Waals surface area contributed by atoms with Crippen molar-refractivity contribution in [1.29, 1.82) is 0 Å². The van der Waals surface area contributed by atoms with Gasteiger partial charge in [-0.15, -0.1) is 0 Å². The summed E-state index contributed by atoms with van der Waals surface area (Å²) < 4.78 is 38.3. The standard InChI is InChI=1S/C11H13F3N2O/c1-10(17)4-6-16(7-10)9-8(11(12,13)14)3-2-5-15-9/h2-3,5,17H,4,6-7H2,1H3. The van der Waals surface area contributed by atoms with Crippen molar-refractivity contribution in [1.82, 2.24) is 4.98 Å². The van der Waals surface area contributed by atoms with Crippen LogP contribution >= 0.6 is 0 Å². The maximum Gasteiger partial charge on any atom is 0.419 e. The SMILES string of the molecule is CC1(O)CCN(c2ncccc2C(F)(F)F)C1. The lowest BCUT2D eigenvalue weighted by molar-refractivity contribution is -0.137. The van der Waals surface area contributed by atoms with Gasteiger partial charge in [-0.2, -0.15) is 13.2 Å². The third kappa shape index (κ3) is 2.52. The van der Waals surface area contributed by atoms with Crippen LogP contribution in [0.25, 0.3) is 0 Å². The highest BCUT2D eigenvalue weighted by atomic mass is 19.4. The van der Waals surface area contributed by atoms with E-state index in [1.165, 1.54) is 17.2 Å². The quantitative estimate of drug-likeness (QED) is 0.824. The third-order valence-corrected chi connectivity index (χ3v) is 2.84. The van der Waals surface area contributed by atoms with E-state index in [4.69, 9.17) is 0 Å². The lowest BCUT2D eigenvalue weighted by atomic mass is 10.1. The normalized spacial score (nSPS) is 25.4. The molecule has 0 bridgehead atoms. The minimum atomic E-state index is -4.42. The second kappa shape index (κ2) is 3.87. The molecule has 94 valence electrons. The number of anilines is 1. The zero-order valence-corrected chi connectivity index (χ0v) is 9.33.